The lowest BCUT2D eigenvalue weighted by atomic mass is 9.79. The second kappa shape index (κ2) is 6.18. The Bertz CT molecular complexity index is 750. The Morgan fingerprint density at radius 2 is 2.17 bits per heavy atom. The number of phenols is 1. The average Bonchev–Trinajstić information content (AvgIpc) is 3.09. The van der Waals surface area contributed by atoms with Gasteiger partial charge in [0.25, 0.3) is 5.91 Å². The molecule has 5 nitrogen and oxygen atoms in total. The van der Waals surface area contributed by atoms with Crippen LogP contribution in [-0.4, -0.2) is 46.1 Å². The molecule has 3 aliphatic heterocycles. The molecule has 5 rings (SSSR count). The summed E-state index contributed by atoms with van der Waals surface area (Å²) in [4.78, 5) is 20.3. The number of rotatable bonds is 3. The van der Waals surface area contributed by atoms with Gasteiger partial charge in [-0.2, -0.15) is 0 Å². The van der Waals surface area contributed by atoms with Gasteiger partial charge in [0, 0.05) is 18.3 Å². The zero-order chi connectivity index (χ0) is 16.7. The number of aromatic hydroxyl groups is 1. The lowest BCUT2D eigenvalue weighted by Gasteiger charge is -2.49. The third-order valence-corrected chi connectivity index (χ3v) is 6.35. The van der Waals surface area contributed by atoms with Crippen LogP contribution in [0.4, 0.5) is 0 Å². The summed E-state index contributed by atoms with van der Waals surface area (Å²) in [5, 5.41) is 13.3. The second-order valence-electron chi connectivity index (χ2n) is 6.69. The molecule has 4 heterocycles. The van der Waals surface area contributed by atoms with Crippen LogP contribution in [0.15, 0.2) is 30.5 Å². The molecule has 2 aromatic rings. The van der Waals surface area contributed by atoms with Gasteiger partial charge in [-0.15, -0.1) is 11.3 Å². The summed E-state index contributed by atoms with van der Waals surface area (Å²) in [6.07, 6.45) is 4.04. The van der Waals surface area contributed by atoms with Crippen LogP contribution in [0.25, 0.3) is 10.4 Å². The summed E-state index contributed by atoms with van der Waals surface area (Å²) in [5.41, 5.74) is 0.878. The summed E-state index contributed by atoms with van der Waals surface area (Å²) in [5.74, 6) is 0.712. The predicted octanol–water partition coefficient (Wildman–Crippen LogP) is 2.73. The molecule has 0 radical (unpaired) electrons. The number of hydrogen-bond donors (Lipinski definition) is 2. The molecule has 2 N–H and O–H groups in total. The van der Waals surface area contributed by atoms with Gasteiger partial charge >= 0.3 is 0 Å². The van der Waals surface area contributed by atoms with Crippen molar-refractivity contribution < 1.29 is 9.90 Å². The van der Waals surface area contributed by atoms with Crippen molar-refractivity contribution in [2.75, 3.05) is 13.1 Å². The van der Waals surface area contributed by atoms with Crippen molar-refractivity contribution in [3.8, 4) is 16.2 Å². The van der Waals surface area contributed by atoms with E-state index < -0.39 is 0 Å². The monoisotopic (exact) mass is 343 g/mol. The van der Waals surface area contributed by atoms with E-state index in [0.29, 0.717) is 17.0 Å². The van der Waals surface area contributed by atoms with Gasteiger partial charge in [-0.25, -0.2) is 4.98 Å². The van der Waals surface area contributed by atoms with Crippen LogP contribution in [-0.2, 0) is 0 Å². The molecular formula is C18H21N3O2S. The van der Waals surface area contributed by atoms with E-state index in [2.05, 4.69) is 22.1 Å². The number of nitrogens with zero attached hydrogens (tertiary/aromatic N) is 2. The third kappa shape index (κ3) is 2.80. The van der Waals surface area contributed by atoms with E-state index in [-0.39, 0.29) is 17.7 Å². The molecule has 3 fully saturated rings. The largest absolute Gasteiger partial charge is 0.508 e. The SMILES string of the molecule is C[C@H]1[C@H](NC(=O)c2ncc(-c3cccc(O)c3)s2)C2CCN1CC2. The van der Waals surface area contributed by atoms with Crippen LogP contribution < -0.4 is 5.32 Å². The highest BCUT2D eigenvalue weighted by atomic mass is 32.1. The zero-order valence-corrected chi connectivity index (χ0v) is 14.4. The molecule has 6 heteroatoms. The molecule has 126 valence electrons. The normalized spacial score (nSPS) is 28.7. The molecule has 2 atom stereocenters. The van der Waals surface area contributed by atoms with E-state index in [4.69, 9.17) is 0 Å². The molecule has 3 saturated heterocycles. The minimum absolute atomic E-state index is 0.0861. The fraction of sp³-hybridized carbons (Fsp3) is 0.444. The van der Waals surface area contributed by atoms with E-state index in [9.17, 15) is 9.90 Å². The maximum Gasteiger partial charge on any atom is 0.280 e. The van der Waals surface area contributed by atoms with E-state index in [1.807, 2.05) is 6.07 Å². The van der Waals surface area contributed by atoms with Crippen molar-refractivity contribution in [1.29, 1.82) is 0 Å². The summed E-state index contributed by atoms with van der Waals surface area (Å²) in [7, 11) is 0. The quantitative estimate of drug-likeness (QED) is 0.899. The molecular weight excluding hydrogens is 322 g/mol. The minimum Gasteiger partial charge on any atom is -0.508 e. The lowest BCUT2D eigenvalue weighted by molar-refractivity contribution is 0.0217. The van der Waals surface area contributed by atoms with Crippen molar-refractivity contribution in [1.82, 2.24) is 15.2 Å². The third-order valence-electron chi connectivity index (χ3n) is 5.31. The Hall–Kier alpha value is -1.92. The summed E-state index contributed by atoms with van der Waals surface area (Å²) >= 11 is 1.36. The van der Waals surface area contributed by atoms with Crippen molar-refractivity contribution in [3.63, 3.8) is 0 Å². The average molecular weight is 343 g/mol. The van der Waals surface area contributed by atoms with Gasteiger partial charge in [0.05, 0.1) is 4.88 Å². The number of carbonyl (C=O) groups is 1. The first-order valence-electron chi connectivity index (χ1n) is 8.42. The van der Waals surface area contributed by atoms with Crippen molar-refractivity contribution >= 4 is 17.2 Å². The van der Waals surface area contributed by atoms with Crippen LogP contribution in [0, 0.1) is 5.92 Å². The van der Waals surface area contributed by atoms with Crippen LogP contribution in [0.2, 0.25) is 0 Å². The molecule has 2 bridgehead atoms. The van der Waals surface area contributed by atoms with E-state index in [0.717, 1.165) is 23.5 Å². The van der Waals surface area contributed by atoms with Crippen molar-refractivity contribution in [2.45, 2.75) is 31.8 Å². The molecule has 0 saturated carbocycles. The number of fused-ring (bicyclic) bond motifs is 3. The van der Waals surface area contributed by atoms with Crippen molar-refractivity contribution in [2.24, 2.45) is 5.92 Å². The molecule has 1 aromatic carbocycles. The van der Waals surface area contributed by atoms with Gasteiger partial charge in [0.2, 0.25) is 0 Å². The summed E-state index contributed by atoms with van der Waals surface area (Å²) in [6.45, 7) is 4.50. The highest BCUT2D eigenvalue weighted by Crippen LogP contribution is 2.33. The first-order valence-corrected chi connectivity index (χ1v) is 9.23. The topological polar surface area (TPSA) is 65.5 Å². The minimum atomic E-state index is -0.0861. The number of aromatic nitrogens is 1. The smallest absolute Gasteiger partial charge is 0.280 e. The maximum absolute atomic E-state index is 12.6. The number of carbonyl (C=O) groups excluding carboxylic acids is 1. The molecule has 1 amide bonds. The molecule has 0 spiro atoms. The predicted molar refractivity (Wildman–Crippen MR) is 94.2 cm³/mol. The highest BCUT2D eigenvalue weighted by molar-refractivity contribution is 7.17. The Labute approximate surface area is 145 Å². The molecule has 3 aliphatic rings. The second-order valence-corrected chi connectivity index (χ2v) is 7.72. The fourth-order valence-electron chi connectivity index (χ4n) is 3.93. The van der Waals surface area contributed by atoms with Gasteiger partial charge in [0.15, 0.2) is 5.01 Å². The standard InChI is InChI=1S/C18H21N3O2S/c1-11-16(12-5-7-21(11)8-6-12)20-17(23)18-19-10-15(24-18)13-3-2-4-14(22)9-13/h2-4,9-12,16,22H,5-8H2,1H3,(H,20,23)/t11-,16-/m0/s1. The summed E-state index contributed by atoms with van der Waals surface area (Å²) in [6, 6.07) is 7.63. The van der Waals surface area contributed by atoms with Gasteiger partial charge in [0.1, 0.15) is 5.75 Å². The first-order chi connectivity index (χ1) is 11.6. The van der Waals surface area contributed by atoms with Crippen LogP contribution in [0.5, 0.6) is 5.75 Å². The van der Waals surface area contributed by atoms with Crippen LogP contribution in [0.3, 0.4) is 0 Å². The van der Waals surface area contributed by atoms with Crippen LogP contribution >= 0.6 is 11.3 Å². The lowest BCUT2D eigenvalue weighted by Crippen LogP contribution is -2.62. The van der Waals surface area contributed by atoms with E-state index in [1.165, 1.54) is 24.2 Å². The number of thiazole rings is 1. The fourth-order valence-corrected chi connectivity index (χ4v) is 4.75. The summed E-state index contributed by atoms with van der Waals surface area (Å²) < 4.78 is 0. The Balaban J connectivity index is 1.49. The Morgan fingerprint density at radius 1 is 1.38 bits per heavy atom. The number of hydrogen-bond acceptors (Lipinski definition) is 5. The Kier molecular flexibility index (Phi) is 4.02. The number of benzene rings is 1. The van der Waals surface area contributed by atoms with E-state index in [1.54, 1.807) is 24.4 Å². The van der Waals surface area contributed by atoms with Gasteiger partial charge in [-0.05, 0) is 56.5 Å². The van der Waals surface area contributed by atoms with Gasteiger partial charge < -0.3 is 10.4 Å². The number of nitrogens with one attached hydrogen (secondary N) is 1. The molecule has 1 aromatic heterocycles. The first kappa shape index (κ1) is 15.6. The molecule has 0 aliphatic carbocycles. The van der Waals surface area contributed by atoms with Crippen molar-refractivity contribution in [3.05, 3.63) is 35.5 Å². The van der Waals surface area contributed by atoms with Gasteiger partial charge in [-0.1, -0.05) is 12.1 Å². The maximum atomic E-state index is 12.6. The molecule has 24 heavy (non-hydrogen) atoms. The number of phenolic OH excluding ortho intramolecular Hbond substituents is 1. The zero-order valence-electron chi connectivity index (χ0n) is 13.6. The molecule has 0 unspecified atom stereocenters. The van der Waals surface area contributed by atoms with E-state index >= 15 is 0 Å². The van der Waals surface area contributed by atoms with Gasteiger partial charge in [-0.3, -0.25) is 9.69 Å². The van der Waals surface area contributed by atoms with Crippen LogP contribution in [0.1, 0.15) is 29.6 Å². The Morgan fingerprint density at radius 3 is 2.88 bits per heavy atom. The number of piperidine rings is 3. The highest BCUT2D eigenvalue weighted by Gasteiger charge is 2.40. The number of amides is 1.